The number of carbonyl (C=O) groups is 1. The summed E-state index contributed by atoms with van der Waals surface area (Å²) in [4.78, 5) is 15.2. The second kappa shape index (κ2) is 5.35. The maximum atomic E-state index is 12.7. The van der Waals surface area contributed by atoms with Gasteiger partial charge in [-0.25, -0.2) is 0 Å². The first-order valence-corrected chi connectivity index (χ1v) is 7.87. The molecular weight excluding hydrogens is 294 g/mol. The van der Waals surface area contributed by atoms with Gasteiger partial charge in [0, 0.05) is 16.6 Å². The van der Waals surface area contributed by atoms with Gasteiger partial charge in [0.1, 0.15) is 4.88 Å². The van der Waals surface area contributed by atoms with Crippen LogP contribution in [0.15, 0.2) is 24.3 Å². The number of hydrogen-bond donors (Lipinski definition) is 0. The molecule has 5 heteroatoms. The second-order valence-corrected chi connectivity index (χ2v) is 6.62. The van der Waals surface area contributed by atoms with Crippen molar-refractivity contribution in [1.82, 2.24) is 4.90 Å². The lowest BCUT2D eigenvalue weighted by atomic mass is 10.2. The molecule has 106 valence electrons. The van der Waals surface area contributed by atoms with Crippen LogP contribution < -0.4 is 0 Å². The molecule has 2 aromatic rings. The highest BCUT2D eigenvalue weighted by Gasteiger charge is 2.30. The van der Waals surface area contributed by atoms with E-state index in [1.165, 1.54) is 11.3 Å². The summed E-state index contributed by atoms with van der Waals surface area (Å²) in [7, 11) is 0. The van der Waals surface area contributed by atoms with E-state index < -0.39 is 0 Å². The molecule has 1 aliphatic rings. The van der Waals surface area contributed by atoms with Gasteiger partial charge in [0.05, 0.1) is 23.8 Å². The molecular formula is C15H16ClNO2S. The van der Waals surface area contributed by atoms with Gasteiger partial charge < -0.3 is 9.64 Å². The van der Waals surface area contributed by atoms with Crippen LogP contribution in [0.2, 0.25) is 5.02 Å². The van der Waals surface area contributed by atoms with Gasteiger partial charge in [0.25, 0.3) is 5.91 Å². The number of nitrogens with zero attached hydrogens (tertiary/aromatic N) is 1. The smallest absolute Gasteiger partial charge is 0.265 e. The minimum Gasteiger partial charge on any atom is -0.375 e. The third-order valence-corrected chi connectivity index (χ3v) is 5.26. The zero-order chi connectivity index (χ0) is 14.3. The first-order chi connectivity index (χ1) is 9.58. The number of morpholine rings is 1. The third-order valence-electron chi connectivity index (χ3n) is 3.60. The van der Waals surface area contributed by atoms with E-state index in [0.717, 1.165) is 10.1 Å². The van der Waals surface area contributed by atoms with E-state index in [2.05, 4.69) is 0 Å². The molecule has 3 nitrogen and oxygen atoms in total. The summed E-state index contributed by atoms with van der Waals surface area (Å²) in [5.74, 6) is 0.0128. The highest BCUT2D eigenvalue weighted by atomic mass is 35.5. The Bertz CT molecular complexity index is 654. The predicted octanol–water partition coefficient (Wildman–Crippen LogP) is 3.80. The maximum Gasteiger partial charge on any atom is 0.265 e. The van der Waals surface area contributed by atoms with Crippen molar-refractivity contribution in [3.8, 4) is 0 Å². The van der Waals surface area contributed by atoms with Gasteiger partial charge in [-0.15, -0.1) is 11.3 Å². The van der Waals surface area contributed by atoms with Crippen molar-refractivity contribution in [2.75, 3.05) is 13.2 Å². The SMILES string of the molecule is CC1CN(C(=O)c2sc3ccccc3c2Cl)C(C)CO1. The predicted molar refractivity (Wildman–Crippen MR) is 82.7 cm³/mol. The first-order valence-electron chi connectivity index (χ1n) is 6.67. The summed E-state index contributed by atoms with van der Waals surface area (Å²) in [6.07, 6.45) is 0.0725. The van der Waals surface area contributed by atoms with Crippen LogP contribution in [0.1, 0.15) is 23.5 Å². The molecule has 0 bridgehead atoms. The van der Waals surface area contributed by atoms with Gasteiger partial charge in [0.2, 0.25) is 0 Å². The average Bonchev–Trinajstić information content (AvgIpc) is 2.79. The zero-order valence-corrected chi connectivity index (χ0v) is 13.0. The van der Waals surface area contributed by atoms with Crippen LogP contribution in [0.3, 0.4) is 0 Å². The Hall–Kier alpha value is -1.10. The van der Waals surface area contributed by atoms with Gasteiger partial charge in [-0.1, -0.05) is 29.8 Å². The van der Waals surface area contributed by atoms with Crippen molar-refractivity contribution >= 4 is 38.9 Å². The van der Waals surface area contributed by atoms with Crippen LogP contribution in [0.5, 0.6) is 0 Å². The van der Waals surface area contributed by atoms with Crippen LogP contribution in [0, 0.1) is 0 Å². The number of rotatable bonds is 1. The molecule has 0 saturated carbocycles. The molecule has 0 N–H and O–H groups in total. The second-order valence-electron chi connectivity index (χ2n) is 5.19. The van der Waals surface area contributed by atoms with E-state index in [4.69, 9.17) is 16.3 Å². The molecule has 20 heavy (non-hydrogen) atoms. The number of benzene rings is 1. The number of thiophene rings is 1. The summed E-state index contributed by atoms with van der Waals surface area (Å²) >= 11 is 7.85. The average molecular weight is 310 g/mol. The monoisotopic (exact) mass is 309 g/mol. The Balaban J connectivity index is 1.97. The lowest BCUT2D eigenvalue weighted by Gasteiger charge is -2.36. The number of fused-ring (bicyclic) bond motifs is 1. The lowest BCUT2D eigenvalue weighted by molar-refractivity contribution is -0.0385. The van der Waals surface area contributed by atoms with Gasteiger partial charge in [-0.3, -0.25) is 4.79 Å². The van der Waals surface area contributed by atoms with E-state index in [1.807, 2.05) is 43.0 Å². The van der Waals surface area contributed by atoms with Gasteiger partial charge >= 0.3 is 0 Å². The van der Waals surface area contributed by atoms with Crippen LogP contribution in [0.4, 0.5) is 0 Å². The quantitative estimate of drug-likeness (QED) is 0.802. The molecule has 2 unspecified atom stereocenters. The van der Waals surface area contributed by atoms with E-state index in [0.29, 0.717) is 23.1 Å². The molecule has 1 aliphatic heterocycles. The number of hydrogen-bond acceptors (Lipinski definition) is 3. The number of amides is 1. The molecule has 2 atom stereocenters. The molecule has 0 radical (unpaired) electrons. The lowest BCUT2D eigenvalue weighted by Crippen LogP contribution is -2.50. The molecule has 1 aromatic heterocycles. The van der Waals surface area contributed by atoms with E-state index in [9.17, 15) is 4.79 Å². The van der Waals surface area contributed by atoms with Gasteiger partial charge in [0.15, 0.2) is 0 Å². The van der Waals surface area contributed by atoms with Crippen molar-refractivity contribution in [1.29, 1.82) is 0 Å². The Morgan fingerprint density at radius 3 is 2.90 bits per heavy atom. The summed E-state index contributed by atoms with van der Waals surface area (Å²) in [5.41, 5.74) is 0. The molecule has 2 heterocycles. The molecule has 1 aromatic carbocycles. The maximum absolute atomic E-state index is 12.7. The fraction of sp³-hybridized carbons (Fsp3) is 0.400. The Morgan fingerprint density at radius 1 is 1.40 bits per heavy atom. The van der Waals surface area contributed by atoms with E-state index in [1.54, 1.807) is 0 Å². The summed E-state index contributed by atoms with van der Waals surface area (Å²) in [6, 6.07) is 7.93. The summed E-state index contributed by atoms with van der Waals surface area (Å²) in [6.45, 7) is 5.18. The Morgan fingerprint density at radius 2 is 2.15 bits per heavy atom. The molecule has 1 fully saturated rings. The minimum atomic E-state index is 0.0128. The van der Waals surface area contributed by atoms with E-state index in [-0.39, 0.29) is 18.1 Å². The van der Waals surface area contributed by atoms with Gasteiger partial charge in [-0.05, 0) is 19.9 Å². The van der Waals surface area contributed by atoms with Crippen molar-refractivity contribution < 1.29 is 9.53 Å². The molecule has 0 spiro atoms. The summed E-state index contributed by atoms with van der Waals surface area (Å²) < 4.78 is 6.62. The van der Waals surface area contributed by atoms with Crippen molar-refractivity contribution in [3.63, 3.8) is 0 Å². The highest BCUT2D eigenvalue weighted by molar-refractivity contribution is 7.21. The molecule has 0 aliphatic carbocycles. The molecule has 1 amide bonds. The van der Waals surface area contributed by atoms with Crippen LogP contribution in [-0.4, -0.2) is 36.1 Å². The third kappa shape index (κ3) is 2.32. The van der Waals surface area contributed by atoms with Crippen molar-refractivity contribution in [2.45, 2.75) is 26.0 Å². The largest absolute Gasteiger partial charge is 0.375 e. The fourth-order valence-electron chi connectivity index (χ4n) is 2.47. The van der Waals surface area contributed by atoms with Crippen molar-refractivity contribution in [3.05, 3.63) is 34.2 Å². The first kappa shape index (κ1) is 13.9. The number of carbonyl (C=O) groups excluding carboxylic acids is 1. The topological polar surface area (TPSA) is 29.5 Å². The normalized spacial score (nSPS) is 23.2. The standard InChI is InChI=1S/C15H16ClNO2S/c1-9-8-19-10(2)7-17(9)15(18)14-13(16)11-5-3-4-6-12(11)20-14/h3-6,9-10H,7-8H2,1-2H3. The summed E-state index contributed by atoms with van der Waals surface area (Å²) in [5, 5.41) is 1.53. The Kier molecular flexibility index (Phi) is 3.71. The van der Waals surface area contributed by atoms with Crippen LogP contribution in [-0.2, 0) is 4.74 Å². The molecule has 1 saturated heterocycles. The van der Waals surface area contributed by atoms with E-state index >= 15 is 0 Å². The molecule has 3 rings (SSSR count). The number of halogens is 1. The van der Waals surface area contributed by atoms with Crippen LogP contribution >= 0.6 is 22.9 Å². The minimum absolute atomic E-state index is 0.0128. The zero-order valence-electron chi connectivity index (χ0n) is 11.4. The van der Waals surface area contributed by atoms with Gasteiger partial charge in [-0.2, -0.15) is 0 Å². The fourth-order valence-corrected chi connectivity index (χ4v) is 3.94. The van der Waals surface area contributed by atoms with Crippen molar-refractivity contribution in [2.24, 2.45) is 0 Å². The van der Waals surface area contributed by atoms with Crippen LogP contribution in [0.25, 0.3) is 10.1 Å². The number of ether oxygens (including phenoxy) is 1. The Labute approximate surface area is 127 Å². The highest BCUT2D eigenvalue weighted by Crippen LogP contribution is 2.36.